The molecule has 10 heteroatoms. The van der Waals surface area contributed by atoms with Crippen LogP contribution >= 0.6 is 0 Å². The van der Waals surface area contributed by atoms with Crippen LogP contribution in [0.2, 0.25) is 0 Å². The summed E-state index contributed by atoms with van der Waals surface area (Å²) in [4.78, 5) is 44.5. The van der Waals surface area contributed by atoms with Gasteiger partial charge in [-0.1, -0.05) is 61.1 Å². The third kappa shape index (κ3) is 9.27. The second kappa shape index (κ2) is 15.0. The van der Waals surface area contributed by atoms with E-state index in [0.29, 0.717) is 11.5 Å². The number of ether oxygens (including phenoxy) is 4. The lowest BCUT2D eigenvalue weighted by Crippen LogP contribution is -2.23. The molecular formula is C28H32N2O8. The molecule has 0 radical (unpaired) electrons. The number of nitroso groups, excluding NO2 is 2. The minimum absolute atomic E-state index is 0.0216. The van der Waals surface area contributed by atoms with Gasteiger partial charge in [-0.25, -0.2) is 4.79 Å². The molecule has 0 fully saturated rings. The number of carbonyl (C=O) groups is 2. The van der Waals surface area contributed by atoms with Crippen LogP contribution in [0.25, 0.3) is 0 Å². The number of benzene rings is 2. The molecule has 0 aliphatic carbocycles. The van der Waals surface area contributed by atoms with Gasteiger partial charge in [-0.2, -0.15) is 9.81 Å². The number of hydrogen-bond acceptors (Lipinski definition) is 10. The topological polar surface area (TPSA) is 130 Å². The van der Waals surface area contributed by atoms with Gasteiger partial charge in [0.05, 0.1) is 6.42 Å². The molecular weight excluding hydrogens is 492 g/mol. The molecule has 38 heavy (non-hydrogen) atoms. The van der Waals surface area contributed by atoms with Crippen LogP contribution < -0.4 is 9.47 Å². The molecule has 2 rings (SSSR count). The number of nitrogens with zero attached hydrogens (tertiary/aromatic N) is 2. The van der Waals surface area contributed by atoms with Crippen molar-refractivity contribution < 1.29 is 28.5 Å². The lowest BCUT2D eigenvalue weighted by atomic mass is 9.78. The number of hydrogen-bond donors (Lipinski definition) is 0. The Hall–Kier alpha value is -4.34. The van der Waals surface area contributed by atoms with Gasteiger partial charge in [0.2, 0.25) is 0 Å². The zero-order valence-corrected chi connectivity index (χ0v) is 21.5. The molecule has 0 saturated heterocycles. The van der Waals surface area contributed by atoms with Gasteiger partial charge in [0.15, 0.2) is 12.1 Å². The van der Waals surface area contributed by atoms with Crippen molar-refractivity contribution in [3.63, 3.8) is 0 Å². The Morgan fingerprint density at radius 3 is 1.63 bits per heavy atom. The fourth-order valence-corrected chi connectivity index (χ4v) is 3.31. The van der Waals surface area contributed by atoms with Gasteiger partial charge in [0.1, 0.15) is 37.9 Å². The fraction of sp³-hybridized carbons (Fsp3) is 0.357. The summed E-state index contributed by atoms with van der Waals surface area (Å²) in [6.07, 6.45) is 2.49. The van der Waals surface area contributed by atoms with Crippen LogP contribution in [0.3, 0.4) is 0 Å². The standard InChI is InChI=1S/C28H32N2O8/c1-5-7-27(32)38-19-23(30-34)17-36-25-14-10-21(11-15-25)28(3,4)20-8-12-24(13-9-20)35-16-22(29-33)18-37-26(31)6-2/h5-6,8-15,22-23H,1-2,7,16-19H2,3-4H3. The van der Waals surface area contributed by atoms with Gasteiger partial charge in [-0.3, -0.25) is 4.79 Å². The second-order valence-corrected chi connectivity index (χ2v) is 8.82. The molecule has 0 aliphatic rings. The van der Waals surface area contributed by atoms with Crippen molar-refractivity contribution in [3.05, 3.63) is 94.8 Å². The fourth-order valence-electron chi connectivity index (χ4n) is 3.31. The summed E-state index contributed by atoms with van der Waals surface area (Å²) >= 11 is 0. The highest BCUT2D eigenvalue weighted by Gasteiger charge is 2.23. The van der Waals surface area contributed by atoms with Crippen molar-refractivity contribution in [2.24, 2.45) is 10.4 Å². The van der Waals surface area contributed by atoms with E-state index in [2.05, 4.69) is 37.4 Å². The Labute approximate surface area is 221 Å². The van der Waals surface area contributed by atoms with E-state index < -0.39 is 24.0 Å². The molecule has 10 nitrogen and oxygen atoms in total. The number of rotatable bonds is 17. The molecule has 0 aromatic heterocycles. The van der Waals surface area contributed by atoms with E-state index in [0.717, 1.165) is 17.2 Å². The Morgan fingerprint density at radius 2 is 1.24 bits per heavy atom. The van der Waals surface area contributed by atoms with Crippen LogP contribution in [-0.4, -0.2) is 50.4 Å². The number of carbonyl (C=O) groups excluding carboxylic acids is 2. The molecule has 2 aromatic rings. The second-order valence-electron chi connectivity index (χ2n) is 8.82. The summed E-state index contributed by atoms with van der Waals surface area (Å²) in [6, 6.07) is 13.2. The monoisotopic (exact) mass is 524 g/mol. The van der Waals surface area contributed by atoms with Crippen molar-refractivity contribution in [1.29, 1.82) is 0 Å². The van der Waals surface area contributed by atoms with E-state index >= 15 is 0 Å². The normalized spacial score (nSPS) is 12.4. The summed E-state index contributed by atoms with van der Waals surface area (Å²) in [6.45, 7) is 10.5. The predicted molar refractivity (Wildman–Crippen MR) is 142 cm³/mol. The first kappa shape index (κ1) is 29.9. The van der Waals surface area contributed by atoms with Gasteiger partial charge < -0.3 is 18.9 Å². The number of esters is 2. The Bertz CT molecular complexity index is 1100. The molecule has 0 heterocycles. The molecule has 0 amide bonds. The van der Waals surface area contributed by atoms with Gasteiger partial charge in [0.25, 0.3) is 0 Å². The minimum atomic E-state index is -0.833. The molecule has 0 aliphatic heterocycles. The summed E-state index contributed by atoms with van der Waals surface area (Å²) in [5, 5.41) is 5.88. The molecule has 2 atom stereocenters. The van der Waals surface area contributed by atoms with Crippen LogP contribution in [0.5, 0.6) is 11.5 Å². The molecule has 2 unspecified atom stereocenters. The predicted octanol–water partition coefficient (Wildman–Crippen LogP) is 4.89. The van der Waals surface area contributed by atoms with E-state index in [1.807, 2.05) is 24.3 Å². The maximum absolute atomic E-state index is 11.4. The largest absolute Gasteiger partial charge is 0.491 e. The van der Waals surface area contributed by atoms with Crippen LogP contribution in [0, 0.1) is 9.81 Å². The quantitative estimate of drug-likeness (QED) is 0.124. The van der Waals surface area contributed by atoms with Crippen molar-refractivity contribution >= 4 is 11.9 Å². The third-order valence-electron chi connectivity index (χ3n) is 5.67. The summed E-state index contributed by atoms with van der Waals surface area (Å²) < 4.78 is 21.1. The van der Waals surface area contributed by atoms with Crippen LogP contribution in [0.4, 0.5) is 0 Å². The first-order valence-electron chi connectivity index (χ1n) is 11.9. The summed E-state index contributed by atoms with van der Waals surface area (Å²) in [5.74, 6) is -0.00952. The SMILES string of the molecule is C=CCC(=O)OCC(COc1ccc(C(C)(C)c2ccc(OCC(COC(=O)C=C)N=O)cc2)cc1)N=O. The maximum Gasteiger partial charge on any atom is 0.330 e. The zero-order valence-electron chi connectivity index (χ0n) is 21.5. The smallest absolute Gasteiger partial charge is 0.330 e. The van der Waals surface area contributed by atoms with Gasteiger partial charge in [0, 0.05) is 11.5 Å². The first-order chi connectivity index (χ1) is 18.2. The van der Waals surface area contributed by atoms with Crippen molar-refractivity contribution in [2.45, 2.75) is 37.8 Å². The van der Waals surface area contributed by atoms with Crippen LogP contribution in [-0.2, 0) is 24.5 Å². The molecule has 0 spiro atoms. The lowest BCUT2D eigenvalue weighted by Gasteiger charge is -2.26. The van der Waals surface area contributed by atoms with E-state index in [1.54, 1.807) is 24.3 Å². The average molecular weight is 525 g/mol. The summed E-state index contributed by atoms with van der Waals surface area (Å²) in [7, 11) is 0. The average Bonchev–Trinajstić information content (AvgIpc) is 2.93. The maximum atomic E-state index is 11.4. The van der Waals surface area contributed by atoms with Gasteiger partial charge in [-0.05, 0) is 35.4 Å². The zero-order chi connectivity index (χ0) is 28.0. The van der Waals surface area contributed by atoms with Gasteiger partial charge >= 0.3 is 11.9 Å². The van der Waals surface area contributed by atoms with Crippen molar-refractivity contribution in [3.8, 4) is 11.5 Å². The summed E-state index contributed by atoms with van der Waals surface area (Å²) in [5.41, 5.74) is 1.70. The van der Waals surface area contributed by atoms with Crippen LogP contribution in [0.1, 0.15) is 31.4 Å². The highest BCUT2D eigenvalue weighted by Crippen LogP contribution is 2.33. The highest BCUT2D eigenvalue weighted by molar-refractivity contribution is 5.81. The molecule has 202 valence electrons. The Morgan fingerprint density at radius 1 is 0.789 bits per heavy atom. The molecule has 0 bridgehead atoms. The van der Waals surface area contributed by atoms with Crippen molar-refractivity contribution in [2.75, 3.05) is 26.4 Å². The Kier molecular flexibility index (Phi) is 11.8. The highest BCUT2D eigenvalue weighted by atomic mass is 16.5. The molecule has 0 saturated carbocycles. The third-order valence-corrected chi connectivity index (χ3v) is 5.67. The van der Waals surface area contributed by atoms with Crippen LogP contribution in [0.15, 0.2) is 84.2 Å². The molecule has 2 aromatic carbocycles. The van der Waals surface area contributed by atoms with E-state index in [4.69, 9.17) is 18.9 Å². The first-order valence-corrected chi connectivity index (χ1v) is 11.9. The van der Waals surface area contributed by atoms with Crippen molar-refractivity contribution in [1.82, 2.24) is 0 Å². The van der Waals surface area contributed by atoms with Gasteiger partial charge in [-0.15, -0.1) is 6.58 Å². The lowest BCUT2D eigenvalue weighted by molar-refractivity contribution is -0.143. The van der Waals surface area contributed by atoms with E-state index in [-0.39, 0.29) is 38.3 Å². The van der Waals surface area contributed by atoms with E-state index in [1.165, 1.54) is 6.08 Å². The van der Waals surface area contributed by atoms with E-state index in [9.17, 15) is 19.4 Å². The minimum Gasteiger partial charge on any atom is -0.491 e. The Balaban J connectivity index is 1.93. The molecule has 0 N–H and O–H groups in total.